The Labute approximate surface area is 220 Å². The van der Waals surface area contributed by atoms with E-state index in [2.05, 4.69) is 72.0 Å². The van der Waals surface area contributed by atoms with Crippen LogP contribution in [0, 0.1) is 6.92 Å². The van der Waals surface area contributed by atoms with Gasteiger partial charge in [-0.25, -0.2) is 9.97 Å². The molecule has 2 aromatic carbocycles. The first-order valence-corrected chi connectivity index (χ1v) is 11.8. The van der Waals surface area contributed by atoms with Gasteiger partial charge in [0.2, 0.25) is 0 Å². The third-order valence-electron chi connectivity index (χ3n) is 4.92. The Morgan fingerprint density at radius 2 is 1.56 bits per heavy atom. The lowest BCUT2D eigenvalue weighted by Gasteiger charge is -2.18. The van der Waals surface area contributed by atoms with E-state index in [4.69, 9.17) is 16.4 Å². The number of nitrogens with zero attached hydrogens (tertiary/aromatic N) is 3. The van der Waals surface area contributed by atoms with E-state index in [-0.39, 0.29) is 5.41 Å². The van der Waals surface area contributed by atoms with Crippen molar-refractivity contribution < 1.29 is 9.53 Å². The summed E-state index contributed by atoms with van der Waals surface area (Å²) >= 11 is 5.96. The minimum Gasteiger partial charge on any atom is -0.388 e. The number of benzene rings is 2. The molecule has 192 valence electrons. The summed E-state index contributed by atoms with van der Waals surface area (Å²) in [7, 11) is 5.09. The zero-order valence-corrected chi connectivity index (χ0v) is 23.0. The SMILES string of the molecule is C=O.CNc1cc(Cl)cnc1-n1cnc(-c2ccccc2)c1.COC.Cc1ccc(C(C)(C)C)cc1. The first-order valence-electron chi connectivity index (χ1n) is 11.4. The molecule has 6 nitrogen and oxygen atoms in total. The van der Waals surface area contributed by atoms with Crippen LogP contribution >= 0.6 is 11.6 Å². The molecular weight excluding hydrogens is 472 g/mol. The fourth-order valence-corrected chi connectivity index (χ4v) is 3.23. The lowest BCUT2D eigenvalue weighted by molar-refractivity contribution is -0.0979. The van der Waals surface area contributed by atoms with E-state index < -0.39 is 0 Å². The fraction of sp³-hybridized carbons (Fsp3) is 0.276. The largest absolute Gasteiger partial charge is 0.388 e. The van der Waals surface area contributed by atoms with Gasteiger partial charge in [0.15, 0.2) is 5.82 Å². The first kappa shape index (κ1) is 30.6. The van der Waals surface area contributed by atoms with Crippen molar-refractivity contribution in [3.05, 3.63) is 95.5 Å². The second-order valence-corrected chi connectivity index (χ2v) is 9.27. The Hall–Kier alpha value is -3.48. The molecule has 0 unspecified atom stereocenters. The molecule has 0 atom stereocenters. The van der Waals surface area contributed by atoms with Crippen LogP contribution in [-0.4, -0.2) is 42.6 Å². The van der Waals surface area contributed by atoms with Crippen LogP contribution in [0.5, 0.6) is 0 Å². The molecule has 4 rings (SSSR count). The summed E-state index contributed by atoms with van der Waals surface area (Å²) < 4.78 is 6.13. The van der Waals surface area contributed by atoms with Gasteiger partial charge in [0, 0.05) is 39.2 Å². The Bertz CT molecular complexity index is 1150. The van der Waals surface area contributed by atoms with Crippen LogP contribution in [-0.2, 0) is 14.9 Å². The van der Waals surface area contributed by atoms with Gasteiger partial charge < -0.3 is 14.8 Å². The fourth-order valence-electron chi connectivity index (χ4n) is 3.07. The normalized spacial score (nSPS) is 10.0. The average Bonchev–Trinajstić information content (AvgIpc) is 3.36. The summed E-state index contributed by atoms with van der Waals surface area (Å²) in [6.07, 6.45) is 5.33. The van der Waals surface area contributed by atoms with E-state index in [9.17, 15) is 0 Å². The molecule has 2 aromatic heterocycles. The van der Waals surface area contributed by atoms with Crippen LogP contribution in [0.3, 0.4) is 0 Å². The molecule has 2 heterocycles. The highest BCUT2D eigenvalue weighted by Gasteiger charge is 2.12. The number of halogens is 1. The number of ether oxygens (including phenoxy) is 1. The number of methoxy groups -OCH3 is 1. The minimum absolute atomic E-state index is 0.285. The number of rotatable bonds is 3. The molecule has 0 saturated heterocycles. The average molecular weight is 509 g/mol. The van der Waals surface area contributed by atoms with Crippen LogP contribution in [0.4, 0.5) is 5.69 Å². The van der Waals surface area contributed by atoms with Gasteiger partial charge in [-0.15, -0.1) is 0 Å². The van der Waals surface area contributed by atoms with Crippen molar-refractivity contribution in [2.24, 2.45) is 0 Å². The van der Waals surface area contributed by atoms with Gasteiger partial charge in [-0.1, -0.05) is 92.5 Å². The van der Waals surface area contributed by atoms with Gasteiger partial charge in [-0.3, -0.25) is 4.57 Å². The summed E-state index contributed by atoms with van der Waals surface area (Å²) in [6, 6.07) is 20.6. The molecule has 0 fully saturated rings. The lowest BCUT2D eigenvalue weighted by Crippen LogP contribution is -2.10. The number of imidazole rings is 1. The van der Waals surface area contributed by atoms with E-state index in [0.717, 1.165) is 22.8 Å². The highest BCUT2D eigenvalue weighted by Crippen LogP contribution is 2.24. The highest BCUT2D eigenvalue weighted by molar-refractivity contribution is 6.30. The molecule has 0 saturated carbocycles. The summed E-state index contributed by atoms with van der Waals surface area (Å²) in [4.78, 5) is 16.8. The topological polar surface area (TPSA) is 69.0 Å². The van der Waals surface area contributed by atoms with Gasteiger partial charge in [0.25, 0.3) is 0 Å². The molecular formula is C29H37ClN4O2. The monoisotopic (exact) mass is 508 g/mol. The zero-order valence-electron chi connectivity index (χ0n) is 22.2. The van der Waals surface area contributed by atoms with Crippen LogP contribution in [0.2, 0.25) is 5.02 Å². The zero-order chi connectivity index (χ0) is 27.1. The number of carbonyl (C=O) groups is 1. The van der Waals surface area contributed by atoms with Crippen molar-refractivity contribution in [2.45, 2.75) is 33.1 Å². The second-order valence-electron chi connectivity index (χ2n) is 8.83. The van der Waals surface area contributed by atoms with Crippen molar-refractivity contribution in [1.82, 2.24) is 14.5 Å². The number of hydrogen-bond acceptors (Lipinski definition) is 5. The molecule has 0 aliphatic rings. The summed E-state index contributed by atoms with van der Waals surface area (Å²) in [5.74, 6) is 0.770. The highest BCUT2D eigenvalue weighted by atomic mass is 35.5. The van der Waals surface area contributed by atoms with Crippen molar-refractivity contribution in [3.63, 3.8) is 0 Å². The molecule has 0 spiro atoms. The van der Waals surface area contributed by atoms with Crippen LogP contribution in [0.1, 0.15) is 31.9 Å². The van der Waals surface area contributed by atoms with E-state index in [0.29, 0.717) is 5.02 Å². The molecule has 0 bridgehead atoms. The molecule has 0 amide bonds. The van der Waals surface area contributed by atoms with Gasteiger partial charge in [0.05, 0.1) is 16.4 Å². The molecule has 7 heteroatoms. The number of anilines is 1. The van der Waals surface area contributed by atoms with E-state index in [1.54, 1.807) is 26.7 Å². The number of nitrogens with one attached hydrogen (secondary N) is 1. The second kappa shape index (κ2) is 15.5. The maximum atomic E-state index is 8.00. The molecule has 4 aromatic rings. The number of pyridine rings is 1. The Balaban J connectivity index is 0.000000343. The van der Waals surface area contributed by atoms with Crippen LogP contribution < -0.4 is 5.32 Å². The smallest absolute Gasteiger partial charge is 0.161 e. The Kier molecular flexibility index (Phi) is 13.2. The van der Waals surface area contributed by atoms with Crippen molar-refractivity contribution in [2.75, 3.05) is 26.6 Å². The number of hydrogen-bond donors (Lipinski definition) is 1. The van der Waals surface area contributed by atoms with Gasteiger partial charge in [-0.2, -0.15) is 0 Å². The van der Waals surface area contributed by atoms with E-state index >= 15 is 0 Å². The number of aryl methyl sites for hydroxylation is 1. The van der Waals surface area contributed by atoms with Crippen molar-refractivity contribution in [3.8, 4) is 17.1 Å². The van der Waals surface area contributed by atoms with Gasteiger partial charge >= 0.3 is 0 Å². The molecule has 0 aliphatic carbocycles. The van der Waals surface area contributed by atoms with Crippen molar-refractivity contribution >= 4 is 24.1 Å². The maximum Gasteiger partial charge on any atom is 0.161 e. The van der Waals surface area contributed by atoms with Crippen LogP contribution in [0.15, 0.2) is 79.4 Å². The summed E-state index contributed by atoms with van der Waals surface area (Å²) in [6.45, 7) is 10.8. The molecule has 0 radical (unpaired) electrons. The predicted molar refractivity (Wildman–Crippen MR) is 151 cm³/mol. The predicted octanol–water partition coefficient (Wildman–Crippen LogP) is 7.00. The number of aromatic nitrogens is 3. The molecule has 1 N–H and O–H groups in total. The Morgan fingerprint density at radius 1 is 0.972 bits per heavy atom. The lowest BCUT2D eigenvalue weighted by atomic mass is 9.87. The standard InChI is InChI=1S/C15H13ClN4.C11H16.C2H6O.CH2O/c1-17-13-7-12(16)8-18-15(13)20-9-14(19-10-20)11-5-3-2-4-6-11;1-9-5-7-10(8-6-9)11(2,3)4;1-3-2;1-2/h2-10,17H,1H3;5-8H,1-4H3;1-2H3;1H2. The Morgan fingerprint density at radius 3 is 2.08 bits per heavy atom. The quantitative estimate of drug-likeness (QED) is 0.322. The number of carbonyl (C=O) groups excluding carboxylic acids is 1. The van der Waals surface area contributed by atoms with Crippen molar-refractivity contribution in [1.29, 1.82) is 0 Å². The third-order valence-corrected chi connectivity index (χ3v) is 5.12. The summed E-state index contributed by atoms with van der Waals surface area (Å²) in [5.41, 5.74) is 5.86. The molecule has 0 aliphatic heterocycles. The van der Waals surface area contributed by atoms with Crippen LogP contribution in [0.25, 0.3) is 17.1 Å². The molecule has 36 heavy (non-hydrogen) atoms. The third kappa shape index (κ3) is 9.64. The minimum atomic E-state index is 0.285. The van der Waals surface area contributed by atoms with E-state index in [1.807, 2.05) is 61.0 Å². The maximum absolute atomic E-state index is 8.00. The van der Waals surface area contributed by atoms with Gasteiger partial charge in [0.1, 0.15) is 13.1 Å². The summed E-state index contributed by atoms with van der Waals surface area (Å²) in [5, 5.41) is 3.69. The van der Waals surface area contributed by atoms with E-state index in [1.165, 1.54) is 11.1 Å². The first-order chi connectivity index (χ1) is 17.2. The van der Waals surface area contributed by atoms with Gasteiger partial charge in [-0.05, 0) is 24.0 Å².